The predicted octanol–water partition coefficient (Wildman–Crippen LogP) is 1.94. The van der Waals surface area contributed by atoms with Crippen molar-refractivity contribution in [3.05, 3.63) is 41.5 Å². The maximum atomic E-state index is 9.65. The molecule has 1 N–H and O–H groups in total. The molecule has 0 aliphatic heterocycles. The van der Waals surface area contributed by atoms with Gasteiger partial charge in [-0.1, -0.05) is 23.4 Å². The van der Waals surface area contributed by atoms with Gasteiger partial charge in [-0.15, -0.1) is 0 Å². The molecule has 0 saturated carbocycles. The van der Waals surface area contributed by atoms with Crippen molar-refractivity contribution in [1.82, 2.24) is 10.1 Å². The molecule has 1 aromatic carbocycles. The fourth-order valence-corrected chi connectivity index (χ4v) is 1.66. The molecular weight excluding hydrogens is 232 g/mol. The number of hydrogen-bond acceptors (Lipinski definition) is 5. The lowest BCUT2D eigenvalue weighted by Gasteiger charge is -1.99. The van der Waals surface area contributed by atoms with Crippen LogP contribution >= 0.6 is 0 Å². The van der Waals surface area contributed by atoms with Crippen molar-refractivity contribution in [2.45, 2.75) is 19.3 Å². The number of phenols is 1. The number of ether oxygens (including phenoxy) is 1. The van der Waals surface area contributed by atoms with Gasteiger partial charge in [-0.05, 0) is 12.5 Å². The van der Waals surface area contributed by atoms with Crippen LogP contribution in [0.15, 0.2) is 28.8 Å². The molecule has 0 spiro atoms. The fraction of sp³-hybridized carbons (Fsp3) is 0.385. The third-order valence-electron chi connectivity index (χ3n) is 2.59. The number of aromatic hydroxyl groups is 1. The highest BCUT2D eigenvalue weighted by atomic mass is 16.5. The van der Waals surface area contributed by atoms with E-state index < -0.39 is 0 Å². The molecule has 96 valence electrons. The molecular formula is C13H16N2O3. The van der Waals surface area contributed by atoms with Crippen LogP contribution in [0.5, 0.6) is 5.75 Å². The number of rotatable bonds is 6. The molecule has 5 heteroatoms. The van der Waals surface area contributed by atoms with Gasteiger partial charge in [0.2, 0.25) is 5.89 Å². The van der Waals surface area contributed by atoms with E-state index in [1.165, 1.54) is 0 Å². The number of para-hydroxylation sites is 1. The summed E-state index contributed by atoms with van der Waals surface area (Å²) in [5.41, 5.74) is 0.782. The molecule has 5 nitrogen and oxygen atoms in total. The van der Waals surface area contributed by atoms with Crippen LogP contribution in [0.4, 0.5) is 0 Å². The molecule has 0 atom stereocenters. The van der Waals surface area contributed by atoms with E-state index in [0.717, 1.165) is 18.4 Å². The number of aryl methyl sites for hydroxylation is 1. The number of benzene rings is 1. The molecule has 0 aliphatic rings. The predicted molar refractivity (Wildman–Crippen MR) is 65.4 cm³/mol. The maximum absolute atomic E-state index is 9.65. The van der Waals surface area contributed by atoms with Crippen molar-refractivity contribution >= 4 is 0 Å². The van der Waals surface area contributed by atoms with Crippen molar-refractivity contribution in [3.63, 3.8) is 0 Å². The second-order valence-corrected chi connectivity index (χ2v) is 4.01. The Hall–Kier alpha value is -1.88. The van der Waals surface area contributed by atoms with Crippen LogP contribution in [0.1, 0.15) is 23.7 Å². The van der Waals surface area contributed by atoms with Crippen LogP contribution in [0.2, 0.25) is 0 Å². The zero-order valence-electron chi connectivity index (χ0n) is 10.3. The number of methoxy groups -OCH3 is 1. The average Bonchev–Trinajstić information content (AvgIpc) is 2.80. The molecule has 0 amide bonds. The van der Waals surface area contributed by atoms with Gasteiger partial charge in [0.05, 0.1) is 6.42 Å². The van der Waals surface area contributed by atoms with Crippen LogP contribution in [-0.4, -0.2) is 29.0 Å². The van der Waals surface area contributed by atoms with Crippen molar-refractivity contribution in [3.8, 4) is 5.75 Å². The van der Waals surface area contributed by atoms with Gasteiger partial charge >= 0.3 is 0 Å². The summed E-state index contributed by atoms with van der Waals surface area (Å²) in [5.74, 6) is 1.44. The Labute approximate surface area is 105 Å². The zero-order valence-corrected chi connectivity index (χ0v) is 10.3. The first kappa shape index (κ1) is 12.6. The summed E-state index contributed by atoms with van der Waals surface area (Å²) in [6.07, 6.45) is 2.05. The monoisotopic (exact) mass is 248 g/mol. The second kappa shape index (κ2) is 6.16. The zero-order chi connectivity index (χ0) is 12.8. The normalized spacial score (nSPS) is 10.7. The molecule has 0 bridgehead atoms. The number of aromatic nitrogens is 2. The van der Waals surface area contributed by atoms with E-state index in [9.17, 15) is 5.11 Å². The maximum Gasteiger partial charge on any atom is 0.231 e. The van der Waals surface area contributed by atoms with Gasteiger partial charge in [0, 0.05) is 25.7 Å². The molecule has 1 aromatic heterocycles. The lowest BCUT2D eigenvalue weighted by molar-refractivity contribution is 0.194. The Kier molecular flexibility index (Phi) is 4.30. The van der Waals surface area contributed by atoms with Crippen molar-refractivity contribution in [2.24, 2.45) is 0 Å². The Morgan fingerprint density at radius 2 is 2.17 bits per heavy atom. The largest absolute Gasteiger partial charge is 0.508 e. The minimum Gasteiger partial charge on any atom is -0.508 e. The highest BCUT2D eigenvalue weighted by Gasteiger charge is 2.09. The van der Waals surface area contributed by atoms with Gasteiger partial charge in [-0.3, -0.25) is 0 Å². The minimum absolute atomic E-state index is 0.247. The van der Waals surface area contributed by atoms with Gasteiger partial charge in [0.15, 0.2) is 5.82 Å². The van der Waals surface area contributed by atoms with E-state index in [1.54, 1.807) is 19.2 Å². The fourth-order valence-electron chi connectivity index (χ4n) is 1.66. The molecule has 18 heavy (non-hydrogen) atoms. The molecule has 2 rings (SSSR count). The summed E-state index contributed by atoms with van der Waals surface area (Å²) in [6.45, 7) is 0.684. The minimum atomic E-state index is 0.247. The topological polar surface area (TPSA) is 68.4 Å². The number of hydrogen-bond donors (Lipinski definition) is 1. The van der Waals surface area contributed by atoms with Gasteiger partial charge < -0.3 is 14.4 Å². The molecule has 2 aromatic rings. The van der Waals surface area contributed by atoms with E-state index in [4.69, 9.17) is 9.26 Å². The van der Waals surface area contributed by atoms with Crippen molar-refractivity contribution < 1.29 is 14.4 Å². The van der Waals surface area contributed by atoms with Crippen LogP contribution in [-0.2, 0) is 17.6 Å². The average molecular weight is 248 g/mol. The van der Waals surface area contributed by atoms with Crippen LogP contribution in [0.25, 0.3) is 0 Å². The molecule has 0 saturated heterocycles. The van der Waals surface area contributed by atoms with E-state index in [-0.39, 0.29) is 5.75 Å². The van der Waals surface area contributed by atoms with Gasteiger partial charge in [-0.25, -0.2) is 0 Å². The van der Waals surface area contributed by atoms with Crippen molar-refractivity contribution in [2.75, 3.05) is 13.7 Å². The number of phenolic OH excluding ortho intramolecular Hbond substituents is 1. The summed E-state index contributed by atoms with van der Waals surface area (Å²) in [4.78, 5) is 4.27. The lowest BCUT2D eigenvalue weighted by Crippen LogP contribution is -1.95. The SMILES string of the molecule is COCCCc1noc(Cc2ccccc2O)n1. The Morgan fingerprint density at radius 1 is 1.33 bits per heavy atom. The lowest BCUT2D eigenvalue weighted by atomic mass is 10.1. The first-order valence-electron chi connectivity index (χ1n) is 5.87. The van der Waals surface area contributed by atoms with Crippen molar-refractivity contribution in [1.29, 1.82) is 0 Å². The van der Waals surface area contributed by atoms with E-state index in [0.29, 0.717) is 24.7 Å². The highest BCUT2D eigenvalue weighted by Crippen LogP contribution is 2.18. The molecule has 1 heterocycles. The first-order valence-corrected chi connectivity index (χ1v) is 5.87. The molecule has 0 fully saturated rings. The Balaban J connectivity index is 1.96. The molecule has 0 aliphatic carbocycles. The summed E-state index contributed by atoms with van der Waals surface area (Å²) in [5, 5.41) is 13.5. The van der Waals surface area contributed by atoms with Crippen LogP contribution < -0.4 is 0 Å². The van der Waals surface area contributed by atoms with E-state index in [1.807, 2.05) is 12.1 Å². The van der Waals surface area contributed by atoms with Gasteiger partial charge in [0.25, 0.3) is 0 Å². The summed E-state index contributed by atoms with van der Waals surface area (Å²) in [7, 11) is 1.67. The van der Waals surface area contributed by atoms with Crippen LogP contribution in [0.3, 0.4) is 0 Å². The summed E-state index contributed by atoms with van der Waals surface area (Å²) in [6, 6.07) is 7.13. The summed E-state index contributed by atoms with van der Waals surface area (Å²) >= 11 is 0. The smallest absolute Gasteiger partial charge is 0.231 e. The standard InChI is InChI=1S/C13H16N2O3/c1-17-8-4-7-12-14-13(18-15-12)9-10-5-2-3-6-11(10)16/h2-3,5-6,16H,4,7-9H2,1H3. The third-order valence-corrected chi connectivity index (χ3v) is 2.59. The molecule has 0 unspecified atom stereocenters. The third kappa shape index (κ3) is 3.30. The Morgan fingerprint density at radius 3 is 2.94 bits per heavy atom. The highest BCUT2D eigenvalue weighted by molar-refractivity contribution is 5.33. The van der Waals surface area contributed by atoms with E-state index >= 15 is 0 Å². The van der Waals surface area contributed by atoms with E-state index in [2.05, 4.69) is 10.1 Å². The molecule has 0 radical (unpaired) electrons. The first-order chi connectivity index (χ1) is 8.79. The van der Waals surface area contributed by atoms with Gasteiger partial charge in [-0.2, -0.15) is 4.98 Å². The van der Waals surface area contributed by atoms with Gasteiger partial charge in [0.1, 0.15) is 5.75 Å². The second-order valence-electron chi connectivity index (χ2n) is 4.01. The van der Waals surface area contributed by atoms with Crippen LogP contribution in [0, 0.1) is 0 Å². The number of nitrogens with zero attached hydrogens (tertiary/aromatic N) is 2. The summed E-state index contributed by atoms with van der Waals surface area (Å²) < 4.78 is 10.1. The Bertz CT molecular complexity index is 496. The quantitative estimate of drug-likeness (QED) is 0.791.